The molecule has 1 aliphatic carbocycles. The fraction of sp³-hybridized carbons (Fsp3) is 0.267. The van der Waals surface area contributed by atoms with Gasteiger partial charge in [0.25, 0.3) is 0 Å². The molecule has 1 heterocycles. The second-order valence-electron chi connectivity index (χ2n) is 5.55. The average Bonchev–Trinajstić information content (AvgIpc) is 2.27. The Hall–Kier alpha value is -1.25. The molecule has 1 aliphatic rings. The van der Waals surface area contributed by atoms with Crippen molar-refractivity contribution in [1.29, 1.82) is 0 Å². The third kappa shape index (κ3) is 2.43. The predicted octanol–water partition coefficient (Wildman–Crippen LogP) is 4.49. The number of benzene rings is 1. The largest absolute Gasteiger partial charge is 0.398 e. The van der Waals surface area contributed by atoms with E-state index in [0.717, 1.165) is 34.3 Å². The molecule has 19 heavy (non-hydrogen) atoms. The van der Waals surface area contributed by atoms with Crippen LogP contribution in [0.1, 0.15) is 25.1 Å². The molecule has 0 saturated carbocycles. The molecule has 0 radical (unpaired) electrons. The van der Waals surface area contributed by atoms with Gasteiger partial charge in [0.2, 0.25) is 0 Å². The summed E-state index contributed by atoms with van der Waals surface area (Å²) < 4.78 is 0. The normalized spacial score (nSPS) is 15.9. The summed E-state index contributed by atoms with van der Waals surface area (Å²) in [5, 5.41) is 1.67. The van der Waals surface area contributed by atoms with Crippen molar-refractivity contribution in [2.24, 2.45) is 5.41 Å². The predicted molar refractivity (Wildman–Crippen MR) is 84.9 cm³/mol. The third-order valence-corrected chi connectivity index (χ3v) is 3.67. The highest BCUT2D eigenvalue weighted by molar-refractivity contribution is 6.31. The van der Waals surface area contributed by atoms with Crippen LogP contribution in [-0.4, -0.2) is 4.98 Å². The average molecular weight is 295 g/mol. The first-order valence-electron chi connectivity index (χ1n) is 6.03. The fourth-order valence-electron chi connectivity index (χ4n) is 2.45. The Balaban J connectivity index is 0.00000133. The molecule has 0 aliphatic heterocycles. The lowest BCUT2D eigenvalue weighted by molar-refractivity contribution is 0.469. The zero-order chi connectivity index (χ0) is 12.9. The van der Waals surface area contributed by atoms with Gasteiger partial charge in [0.15, 0.2) is 0 Å². The summed E-state index contributed by atoms with van der Waals surface area (Å²) in [6.45, 7) is 4.40. The number of nitrogen functional groups attached to an aromatic ring is 1. The standard InChI is InChI=1S/C15H15ClN2.ClH/c1-15(2)6-5-11-13(8-15)18-12-7-9(16)3-4-10(12)14(11)17;/h3-7H,8H2,1-2H3,(H2,17,18);1H. The molecule has 1 aromatic carbocycles. The van der Waals surface area contributed by atoms with Gasteiger partial charge in [0.1, 0.15) is 0 Å². The van der Waals surface area contributed by atoms with Gasteiger partial charge in [-0.25, -0.2) is 0 Å². The molecule has 0 amide bonds. The Morgan fingerprint density at radius 2 is 2.05 bits per heavy atom. The van der Waals surface area contributed by atoms with Crippen molar-refractivity contribution in [2.75, 3.05) is 5.73 Å². The molecular weight excluding hydrogens is 279 g/mol. The Bertz CT molecular complexity index is 675. The van der Waals surface area contributed by atoms with Gasteiger partial charge in [0.05, 0.1) is 16.9 Å². The van der Waals surface area contributed by atoms with Gasteiger partial charge in [-0.05, 0) is 30.0 Å². The van der Waals surface area contributed by atoms with Crippen LogP contribution in [0, 0.1) is 5.41 Å². The highest BCUT2D eigenvalue weighted by Crippen LogP contribution is 2.36. The molecule has 3 rings (SSSR count). The molecule has 0 spiro atoms. The van der Waals surface area contributed by atoms with Crippen LogP contribution < -0.4 is 5.73 Å². The first kappa shape index (κ1) is 14.2. The first-order chi connectivity index (χ1) is 8.46. The number of allylic oxidation sites excluding steroid dienone is 1. The number of anilines is 1. The molecule has 0 saturated heterocycles. The minimum Gasteiger partial charge on any atom is -0.398 e. The summed E-state index contributed by atoms with van der Waals surface area (Å²) in [4.78, 5) is 4.72. The monoisotopic (exact) mass is 294 g/mol. The van der Waals surface area contributed by atoms with Crippen molar-refractivity contribution in [1.82, 2.24) is 4.98 Å². The van der Waals surface area contributed by atoms with Gasteiger partial charge < -0.3 is 5.73 Å². The van der Waals surface area contributed by atoms with Crippen LogP contribution in [0.5, 0.6) is 0 Å². The van der Waals surface area contributed by atoms with E-state index < -0.39 is 0 Å². The lowest BCUT2D eigenvalue weighted by Gasteiger charge is -2.26. The summed E-state index contributed by atoms with van der Waals surface area (Å²) in [6, 6.07) is 5.66. The molecule has 0 unspecified atom stereocenters. The molecule has 0 atom stereocenters. The van der Waals surface area contributed by atoms with Crippen LogP contribution in [-0.2, 0) is 6.42 Å². The number of rotatable bonds is 0. The second-order valence-corrected chi connectivity index (χ2v) is 5.98. The van der Waals surface area contributed by atoms with Gasteiger partial charge in [-0.15, -0.1) is 12.4 Å². The highest BCUT2D eigenvalue weighted by Gasteiger charge is 2.23. The molecule has 2 nitrogen and oxygen atoms in total. The fourth-order valence-corrected chi connectivity index (χ4v) is 2.62. The SMILES string of the molecule is CC1(C)C=Cc2c(nc3cc(Cl)ccc3c2N)C1.Cl. The van der Waals surface area contributed by atoms with E-state index in [1.54, 1.807) is 0 Å². The van der Waals surface area contributed by atoms with Crippen LogP contribution in [0.4, 0.5) is 5.69 Å². The van der Waals surface area contributed by atoms with Gasteiger partial charge >= 0.3 is 0 Å². The van der Waals surface area contributed by atoms with Crippen LogP contribution >= 0.6 is 24.0 Å². The van der Waals surface area contributed by atoms with E-state index in [-0.39, 0.29) is 17.8 Å². The number of fused-ring (bicyclic) bond motifs is 2. The van der Waals surface area contributed by atoms with Crippen molar-refractivity contribution < 1.29 is 0 Å². The number of halogens is 2. The Labute approximate surface area is 124 Å². The van der Waals surface area contributed by atoms with Gasteiger partial charge in [0, 0.05) is 16.0 Å². The zero-order valence-electron chi connectivity index (χ0n) is 10.9. The highest BCUT2D eigenvalue weighted by atomic mass is 35.5. The topological polar surface area (TPSA) is 38.9 Å². The summed E-state index contributed by atoms with van der Waals surface area (Å²) in [5.74, 6) is 0. The summed E-state index contributed by atoms with van der Waals surface area (Å²) in [5.41, 5.74) is 10.2. The Morgan fingerprint density at radius 1 is 1.32 bits per heavy atom. The third-order valence-electron chi connectivity index (χ3n) is 3.43. The maximum Gasteiger partial charge on any atom is 0.0741 e. The number of nitrogens with two attached hydrogens (primary N) is 1. The quantitative estimate of drug-likeness (QED) is 0.778. The van der Waals surface area contributed by atoms with Crippen molar-refractivity contribution >= 4 is 46.7 Å². The lowest BCUT2D eigenvalue weighted by atomic mass is 9.81. The van der Waals surface area contributed by atoms with Crippen molar-refractivity contribution in [3.8, 4) is 0 Å². The van der Waals surface area contributed by atoms with E-state index in [9.17, 15) is 0 Å². The number of hydrogen-bond donors (Lipinski definition) is 1. The second kappa shape index (κ2) is 4.69. The van der Waals surface area contributed by atoms with E-state index in [1.165, 1.54) is 0 Å². The Morgan fingerprint density at radius 3 is 2.79 bits per heavy atom. The molecule has 0 bridgehead atoms. The molecular formula is C15H16Cl2N2. The van der Waals surface area contributed by atoms with Crippen LogP contribution in [0.15, 0.2) is 24.3 Å². The van der Waals surface area contributed by atoms with E-state index in [0.29, 0.717) is 5.02 Å². The van der Waals surface area contributed by atoms with E-state index in [1.807, 2.05) is 18.2 Å². The summed E-state index contributed by atoms with van der Waals surface area (Å²) >= 11 is 6.02. The minimum absolute atomic E-state index is 0. The maximum absolute atomic E-state index is 6.24. The van der Waals surface area contributed by atoms with Gasteiger partial charge in [-0.1, -0.05) is 37.6 Å². The zero-order valence-corrected chi connectivity index (χ0v) is 12.5. The Kier molecular flexibility index (Phi) is 3.50. The van der Waals surface area contributed by atoms with Gasteiger partial charge in [-0.2, -0.15) is 0 Å². The van der Waals surface area contributed by atoms with Gasteiger partial charge in [-0.3, -0.25) is 4.98 Å². The number of pyridine rings is 1. The van der Waals surface area contributed by atoms with Crippen molar-refractivity contribution in [2.45, 2.75) is 20.3 Å². The maximum atomic E-state index is 6.24. The number of aromatic nitrogens is 1. The summed E-state index contributed by atoms with van der Waals surface area (Å²) in [7, 11) is 0. The van der Waals surface area contributed by atoms with Crippen molar-refractivity contribution in [3.05, 3.63) is 40.6 Å². The number of nitrogens with zero attached hydrogens (tertiary/aromatic N) is 1. The molecule has 2 aromatic rings. The van der Waals surface area contributed by atoms with E-state index in [2.05, 4.69) is 26.0 Å². The molecule has 1 aromatic heterocycles. The van der Waals surface area contributed by atoms with Crippen molar-refractivity contribution in [3.63, 3.8) is 0 Å². The molecule has 0 fully saturated rings. The summed E-state index contributed by atoms with van der Waals surface area (Å²) in [6.07, 6.45) is 5.20. The lowest BCUT2D eigenvalue weighted by Crippen LogP contribution is -2.18. The number of hydrogen-bond acceptors (Lipinski definition) is 2. The minimum atomic E-state index is 0. The molecule has 2 N–H and O–H groups in total. The van der Waals surface area contributed by atoms with Crippen LogP contribution in [0.2, 0.25) is 5.02 Å². The molecule has 100 valence electrons. The van der Waals surface area contributed by atoms with E-state index >= 15 is 0 Å². The first-order valence-corrected chi connectivity index (χ1v) is 6.41. The molecule has 4 heteroatoms. The van der Waals surface area contributed by atoms with Crippen LogP contribution in [0.25, 0.3) is 17.0 Å². The smallest absolute Gasteiger partial charge is 0.0741 e. The van der Waals surface area contributed by atoms with E-state index in [4.69, 9.17) is 22.3 Å². The van der Waals surface area contributed by atoms with Crippen LogP contribution in [0.3, 0.4) is 0 Å².